The number of anilines is 1. The number of hydrogen-bond donors (Lipinski definition) is 2. The number of ether oxygens (including phenoxy) is 3. The van der Waals surface area contributed by atoms with Gasteiger partial charge in [0.05, 0.1) is 38.2 Å². The fourth-order valence-electron chi connectivity index (χ4n) is 4.65. The molecule has 0 aliphatic heterocycles. The second kappa shape index (κ2) is 14.5. The number of carbonyl (C=O) groups is 3. The molecule has 1 aromatic carbocycles. The third kappa shape index (κ3) is 7.06. The Bertz CT molecular complexity index is 1440. The number of fused-ring (bicyclic) bond motifs is 1. The lowest BCUT2D eigenvalue weighted by Gasteiger charge is -2.14. The Labute approximate surface area is 253 Å². The zero-order valence-electron chi connectivity index (χ0n) is 24.6. The summed E-state index contributed by atoms with van der Waals surface area (Å²) in [5.41, 5.74) is 1.90. The molecule has 0 unspecified atom stereocenters. The van der Waals surface area contributed by atoms with Gasteiger partial charge in [0.2, 0.25) is 5.91 Å². The number of nitrogens with zero attached hydrogens (tertiary/aromatic N) is 3. The lowest BCUT2D eigenvalue weighted by Crippen LogP contribution is -2.25. The molecular weight excluding hydrogens is 578 g/mol. The van der Waals surface area contributed by atoms with Crippen LogP contribution in [-0.2, 0) is 35.5 Å². The number of aromatic nitrogens is 3. The van der Waals surface area contributed by atoms with Crippen LogP contribution >= 0.6 is 23.1 Å². The Balaban J connectivity index is 1.45. The standard InChI is InChI=1S/C29H37N5O6S2/c1-6-8-14-34-23(16-30-26(36)18-12-13-20(38-4)21(15-18)39-5)32-33-29(34)41-17(3)25(35)31-27-24(28(37)40-7-2)19-10-9-11-22(19)42-27/h12-13,15,17H,6-11,14,16H2,1-5H3,(H,30,36)(H,31,35)/t17-/m0/s1. The number of amides is 2. The number of esters is 1. The van der Waals surface area contributed by atoms with Gasteiger partial charge < -0.3 is 29.4 Å². The molecule has 2 amide bonds. The van der Waals surface area contributed by atoms with Crippen LogP contribution in [0.4, 0.5) is 5.00 Å². The summed E-state index contributed by atoms with van der Waals surface area (Å²) >= 11 is 2.74. The van der Waals surface area contributed by atoms with Crippen molar-refractivity contribution >= 4 is 45.9 Å². The van der Waals surface area contributed by atoms with Gasteiger partial charge >= 0.3 is 5.97 Å². The van der Waals surface area contributed by atoms with Crippen LogP contribution < -0.4 is 20.1 Å². The van der Waals surface area contributed by atoms with E-state index >= 15 is 0 Å². The van der Waals surface area contributed by atoms with Crippen molar-refractivity contribution in [2.24, 2.45) is 0 Å². The third-order valence-electron chi connectivity index (χ3n) is 6.87. The molecule has 11 nitrogen and oxygen atoms in total. The minimum absolute atomic E-state index is 0.161. The number of hydrogen-bond acceptors (Lipinski definition) is 10. The van der Waals surface area contributed by atoms with Crippen LogP contribution in [0.5, 0.6) is 11.5 Å². The van der Waals surface area contributed by atoms with E-state index in [0.717, 1.165) is 42.5 Å². The molecule has 0 saturated carbocycles. The molecule has 1 aliphatic carbocycles. The van der Waals surface area contributed by atoms with Crippen molar-refractivity contribution in [3.8, 4) is 11.5 Å². The van der Waals surface area contributed by atoms with E-state index in [9.17, 15) is 14.4 Å². The van der Waals surface area contributed by atoms with Crippen LogP contribution in [-0.4, -0.2) is 58.6 Å². The summed E-state index contributed by atoms with van der Waals surface area (Å²) in [5, 5.41) is 15.1. The van der Waals surface area contributed by atoms with Crippen molar-refractivity contribution < 1.29 is 28.6 Å². The summed E-state index contributed by atoms with van der Waals surface area (Å²) in [4.78, 5) is 40.0. The van der Waals surface area contributed by atoms with Gasteiger partial charge in [-0.3, -0.25) is 9.59 Å². The van der Waals surface area contributed by atoms with Gasteiger partial charge in [0, 0.05) is 17.0 Å². The molecule has 0 fully saturated rings. The fourth-order valence-corrected chi connectivity index (χ4v) is 6.83. The first kappa shape index (κ1) is 31.4. The Morgan fingerprint density at radius 3 is 2.62 bits per heavy atom. The third-order valence-corrected chi connectivity index (χ3v) is 9.16. The highest BCUT2D eigenvalue weighted by Gasteiger charge is 2.30. The molecular formula is C29H37N5O6S2. The summed E-state index contributed by atoms with van der Waals surface area (Å²) in [6.07, 6.45) is 4.55. The molecule has 1 aliphatic rings. The molecule has 0 saturated heterocycles. The number of carbonyl (C=O) groups excluding carboxylic acids is 3. The molecule has 0 spiro atoms. The van der Waals surface area contributed by atoms with E-state index in [1.807, 2.05) is 4.57 Å². The Kier molecular flexibility index (Phi) is 10.9. The van der Waals surface area contributed by atoms with Crippen molar-refractivity contribution in [1.29, 1.82) is 0 Å². The fraction of sp³-hybridized carbons (Fsp3) is 0.483. The summed E-state index contributed by atoms with van der Waals surface area (Å²) in [6, 6.07) is 4.96. The van der Waals surface area contributed by atoms with E-state index in [-0.39, 0.29) is 25.0 Å². The van der Waals surface area contributed by atoms with Crippen molar-refractivity contribution in [3.63, 3.8) is 0 Å². The zero-order valence-corrected chi connectivity index (χ0v) is 26.2. The number of methoxy groups -OCH3 is 2. The molecule has 0 radical (unpaired) electrons. The van der Waals surface area contributed by atoms with Crippen molar-refractivity contribution in [3.05, 3.63) is 45.6 Å². The minimum atomic E-state index is -0.518. The largest absolute Gasteiger partial charge is 0.493 e. The molecule has 42 heavy (non-hydrogen) atoms. The Morgan fingerprint density at radius 1 is 1.12 bits per heavy atom. The van der Waals surface area contributed by atoms with E-state index in [4.69, 9.17) is 14.2 Å². The van der Waals surface area contributed by atoms with Crippen molar-refractivity contribution in [1.82, 2.24) is 20.1 Å². The average molecular weight is 616 g/mol. The van der Waals surface area contributed by atoms with Crippen LogP contribution in [0.15, 0.2) is 23.4 Å². The second-order valence-corrected chi connectivity index (χ2v) is 12.1. The van der Waals surface area contributed by atoms with Crippen LogP contribution in [0.25, 0.3) is 0 Å². The minimum Gasteiger partial charge on any atom is -0.493 e. The highest BCUT2D eigenvalue weighted by molar-refractivity contribution is 8.00. The molecule has 1 atom stereocenters. The zero-order chi connectivity index (χ0) is 30.2. The van der Waals surface area contributed by atoms with E-state index in [0.29, 0.717) is 45.2 Å². The van der Waals surface area contributed by atoms with E-state index in [1.54, 1.807) is 32.0 Å². The maximum absolute atomic E-state index is 13.3. The number of rotatable bonds is 14. The number of unbranched alkanes of at least 4 members (excludes halogenated alkanes) is 1. The first-order valence-corrected chi connectivity index (χ1v) is 15.7. The lowest BCUT2D eigenvalue weighted by atomic mass is 10.1. The number of thiophene rings is 1. The molecule has 226 valence electrons. The van der Waals surface area contributed by atoms with Gasteiger partial charge in [-0.05, 0) is 63.3 Å². The van der Waals surface area contributed by atoms with Crippen LogP contribution in [0.2, 0.25) is 0 Å². The van der Waals surface area contributed by atoms with Gasteiger partial charge in [0.25, 0.3) is 5.91 Å². The predicted molar refractivity (Wildman–Crippen MR) is 162 cm³/mol. The molecule has 4 rings (SSSR count). The number of thioether (sulfide) groups is 1. The summed E-state index contributed by atoms with van der Waals surface area (Å²) in [7, 11) is 3.05. The number of benzene rings is 1. The van der Waals surface area contributed by atoms with Gasteiger partial charge in [0.15, 0.2) is 22.5 Å². The van der Waals surface area contributed by atoms with Crippen LogP contribution in [0.1, 0.15) is 77.0 Å². The van der Waals surface area contributed by atoms with Gasteiger partial charge in [-0.15, -0.1) is 21.5 Å². The first-order chi connectivity index (χ1) is 20.3. The molecule has 13 heteroatoms. The topological polar surface area (TPSA) is 134 Å². The van der Waals surface area contributed by atoms with E-state index in [2.05, 4.69) is 27.8 Å². The molecule has 0 bridgehead atoms. The number of nitrogens with one attached hydrogen (secondary N) is 2. The summed E-state index contributed by atoms with van der Waals surface area (Å²) in [5.74, 6) is 0.664. The van der Waals surface area contributed by atoms with Crippen LogP contribution in [0.3, 0.4) is 0 Å². The van der Waals surface area contributed by atoms with Crippen molar-refractivity contribution in [2.75, 3.05) is 26.1 Å². The number of aryl methyl sites for hydroxylation is 1. The SMILES string of the molecule is CCCCn1c(CNC(=O)c2ccc(OC)c(OC)c2)nnc1S[C@@H](C)C(=O)Nc1sc2c(c1C(=O)OCC)CCC2. The Morgan fingerprint density at radius 2 is 1.90 bits per heavy atom. The van der Waals surface area contributed by atoms with Gasteiger partial charge in [-0.1, -0.05) is 25.1 Å². The molecule has 2 aromatic heterocycles. The van der Waals surface area contributed by atoms with Crippen LogP contribution in [0, 0.1) is 0 Å². The highest BCUT2D eigenvalue weighted by atomic mass is 32.2. The summed E-state index contributed by atoms with van der Waals surface area (Å²) in [6.45, 7) is 6.73. The summed E-state index contributed by atoms with van der Waals surface area (Å²) < 4.78 is 17.8. The molecule has 3 aromatic rings. The molecule has 2 N–H and O–H groups in total. The smallest absolute Gasteiger partial charge is 0.341 e. The van der Waals surface area contributed by atoms with Gasteiger partial charge in [-0.25, -0.2) is 4.79 Å². The maximum atomic E-state index is 13.3. The second-order valence-electron chi connectivity index (χ2n) is 9.69. The quantitative estimate of drug-likeness (QED) is 0.192. The lowest BCUT2D eigenvalue weighted by molar-refractivity contribution is -0.115. The first-order valence-electron chi connectivity index (χ1n) is 14.0. The highest BCUT2D eigenvalue weighted by Crippen LogP contribution is 2.40. The molecule has 2 heterocycles. The normalized spacial score (nSPS) is 12.9. The van der Waals surface area contributed by atoms with E-state index in [1.165, 1.54) is 37.3 Å². The van der Waals surface area contributed by atoms with Gasteiger partial charge in [-0.2, -0.15) is 0 Å². The van der Waals surface area contributed by atoms with Gasteiger partial charge in [0.1, 0.15) is 5.00 Å². The predicted octanol–water partition coefficient (Wildman–Crippen LogP) is 4.87. The Hall–Kier alpha value is -3.58. The monoisotopic (exact) mass is 615 g/mol. The average Bonchev–Trinajstić information content (AvgIpc) is 3.69. The van der Waals surface area contributed by atoms with Crippen molar-refractivity contribution in [2.45, 2.75) is 76.4 Å². The van der Waals surface area contributed by atoms with E-state index < -0.39 is 11.2 Å². The maximum Gasteiger partial charge on any atom is 0.341 e.